The van der Waals surface area contributed by atoms with Gasteiger partial charge in [-0.25, -0.2) is 4.39 Å². The van der Waals surface area contributed by atoms with E-state index in [2.05, 4.69) is 17.0 Å². The van der Waals surface area contributed by atoms with Gasteiger partial charge in [-0.3, -0.25) is 4.79 Å². The molecule has 25 heavy (non-hydrogen) atoms. The molecule has 0 bridgehead atoms. The fourth-order valence-corrected chi connectivity index (χ4v) is 3.20. The van der Waals surface area contributed by atoms with E-state index in [1.807, 2.05) is 0 Å². The van der Waals surface area contributed by atoms with Gasteiger partial charge >= 0.3 is 0 Å². The molecule has 1 aliphatic rings. The fraction of sp³-hybridized carbons (Fsp3) is 0.412. The Morgan fingerprint density at radius 2 is 2.00 bits per heavy atom. The molecular weight excluding hydrogens is 368 g/mol. The molecule has 2 heterocycles. The lowest BCUT2D eigenvalue weighted by molar-refractivity contribution is 0.0642. The number of aromatic nitrogens is 1. The monoisotopic (exact) mass is 387 g/mol. The van der Waals surface area contributed by atoms with Gasteiger partial charge in [0.1, 0.15) is 22.8 Å². The minimum absolute atomic E-state index is 0. The van der Waals surface area contributed by atoms with Gasteiger partial charge < -0.3 is 14.3 Å². The van der Waals surface area contributed by atoms with Crippen LogP contribution in [0, 0.1) is 12.7 Å². The molecule has 0 atom stereocenters. The van der Waals surface area contributed by atoms with E-state index in [4.69, 9.17) is 16.1 Å². The maximum Gasteiger partial charge on any atom is 0.259 e. The Kier molecular flexibility index (Phi) is 6.43. The number of rotatable bonds is 3. The van der Waals surface area contributed by atoms with Crippen molar-refractivity contribution in [1.82, 2.24) is 15.0 Å². The standard InChI is InChI=1S/C17H19ClFN3O2.ClH/c1-3-21-7-9-22(10-8-21)17(23)14-11(2)24-20-16(14)15-12(18)5-4-6-13(15)19;/h4-6H,3,7-10H2,1-2H3;1H. The number of amides is 1. The molecule has 0 radical (unpaired) electrons. The first kappa shape index (κ1) is 19.7. The molecule has 2 aromatic rings. The summed E-state index contributed by atoms with van der Waals surface area (Å²) in [5.74, 6) is -0.355. The van der Waals surface area contributed by atoms with Crippen LogP contribution in [0.15, 0.2) is 22.7 Å². The summed E-state index contributed by atoms with van der Waals surface area (Å²) in [6.07, 6.45) is 0. The Hall–Kier alpha value is -1.63. The third-order valence-corrected chi connectivity index (χ3v) is 4.70. The van der Waals surface area contributed by atoms with E-state index in [9.17, 15) is 9.18 Å². The molecule has 1 aliphatic heterocycles. The minimum atomic E-state index is -0.527. The first-order valence-corrected chi connectivity index (χ1v) is 8.33. The summed E-state index contributed by atoms with van der Waals surface area (Å²) >= 11 is 6.12. The molecule has 3 rings (SSSR count). The highest BCUT2D eigenvalue weighted by atomic mass is 35.5. The number of hydrogen-bond acceptors (Lipinski definition) is 4. The zero-order chi connectivity index (χ0) is 17.3. The van der Waals surface area contributed by atoms with Crippen molar-refractivity contribution >= 4 is 29.9 Å². The number of carbonyl (C=O) groups is 1. The third-order valence-electron chi connectivity index (χ3n) is 4.38. The van der Waals surface area contributed by atoms with E-state index in [0.717, 1.165) is 19.6 Å². The molecule has 8 heteroatoms. The van der Waals surface area contributed by atoms with Crippen molar-refractivity contribution in [3.05, 3.63) is 40.4 Å². The summed E-state index contributed by atoms with van der Waals surface area (Å²) < 4.78 is 19.4. The number of nitrogens with zero attached hydrogens (tertiary/aromatic N) is 3. The van der Waals surface area contributed by atoms with Crippen molar-refractivity contribution in [3.8, 4) is 11.3 Å². The molecule has 5 nitrogen and oxygen atoms in total. The SMILES string of the molecule is CCN1CCN(C(=O)c2c(-c3c(F)cccc3Cl)noc2C)CC1.Cl. The minimum Gasteiger partial charge on any atom is -0.360 e. The van der Waals surface area contributed by atoms with Gasteiger partial charge in [0.05, 0.1) is 10.6 Å². The van der Waals surface area contributed by atoms with Crippen LogP contribution in [-0.4, -0.2) is 53.6 Å². The number of piperazine rings is 1. The zero-order valence-electron chi connectivity index (χ0n) is 14.1. The summed E-state index contributed by atoms with van der Waals surface area (Å²) in [6, 6.07) is 4.37. The number of aryl methyl sites for hydroxylation is 1. The molecular formula is C17H20Cl2FN3O2. The molecule has 0 unspecified atom stereocenters. The summed E-state index contributed by atoms with van der Waals surface area (Å²) in [7, 11) is 0. The normalized spacial score (nSPS) is 15.1. The highest BCUT2D eigenvalue weighted by Gasteiger charge is 2.30. The lowest BCUT2D eigenvalue weighted by atomic mass is 10.0. The van der Waals surface area contributed by atoms with E-state index in [0.29, 0.717) is 18.8 Å². The van der Waals surface area contributed by atoms with Gasteiger partial charge in [0.15, 0.2) is 0 Å². The number of halogens is 3. The van der Waals surface area contributed by atoms with Crippen molar-refractivity contribution in [2.75, 3.05) is 32.7 Å². The molecule has 0 saturated carbocycles. The van der Waals surface area contributed by atoms with Gasteiger partial charge in [-0.2, -0.15) is 0 Å². The maximum atomic E-state index is 14.2. The topological polar surface area (TPSA) is 49.6 Å². The van der Waals surface area contributed by atoms with E-state index >= 15 is 0 Å². The van der Waals surface area contributed by atoms with Crippen molar-refractivity contribution in [3.63, 3.8) is 0 Å². The Morgan fingerprint density at radius 1 is 1.32 bits per heavy atom. The van der Waals surface area contributed by atoms with Crippen molar-refractivity contribution in [2.45, 2.75) is 13.8 Å². The van der Waals surface area contributed by atoms with E-state index in [-0.39, 0.29) is 40.2 Å². The van der Waals surface area contributed by atoms with Gasteiger partial charge in [-0.15, -0.1) is 12.4 Å². The van der Waals surface area contributed by atoms with Crippen LogP contribution in [-0.2, 0) is 0 Å². The van der Waals surface area contributed by atoms with Gasteiger partial charge in [0.2, 0.25) is 0 Å². The second kappa shape index (κ2) is 8.17. The van der Waals surface area contributed by atoms with Crippen LogP contribution in [0.2, 0.25) is 5.02 Å². The van der Waals surface area contributed by atoms with Crippen LogP contribution < -0.4 is 0 Å². The summed E-state index contributed by atoms with van der Waals surface area (Å²) in [4.78, 5) is 17.0. The number of carbonyl (C=O) groups excluding carboxylic acids is 1. The molecule has 0 N–H and O–H groups in total. The molecule has 1 fully saturated rings. The van der Waals surface area contributed by atoms with Gasteiger partial charge in [0.25, 0.3) is 5.91 Å². The predicted molar refractivity (Wildman–Crippen MR) is 96.9 cm³/mol. The van der Waals surface area contributed by atoms with Gasteiger partial charge in [-0.1, -0.05) is 29.7 Å². The van der Waals surface area contributed by atoms with Crippen molar-refractivity contribution in [2.24, 2.45) is 0 Å². The maximum absolute atomic E-state index is 14.2. The Balaban J connectivity index is 0.00000225. The zero-order valence-corrected chi connectivity index (χ0v) is 15.7. The number of hydrogen-bond donors (Lipinski definition) is 0. The molecule has 1 saturated heterocycles. The predicted octanol–water partition coefficient (Wildman–Crippen LogP) is 3.64. The molecule has 0 aliphatic carbocycles. The van der Waals surface area contributed by atoms with E-state index < -0.39 is 5.82 Å². The first-order valence-electron chi connectivity index (χ1n) is 7.95. The molecule has 1 amide bonds. The lowest BCUT2D eigenvalue weighted by Gasteiger charge is -2.34. The van der Waals surface area contributed by atoms with Crippen molar-refractivity contribution < 1.29 is 13.7 Å². The van der Waals surface area contributed by atoms with Gasteiger partial charge in [-0.05, 0) is 25.6 Å². The smallest absolute Gasteiger partial charge is 0.259 e. The van der Waals surface area contributed by atoms with Crippen LogP contribution in [0.3, 0.4) is 0 Å². The molecule has 1 aromatic carbocycles. The van der Waals surface area contributed by atoms with Crippen LogP contribution in [0.4, 0.5) is 4.39 Å². The Bertz CT molecular complexity index is 738. The van der Waals surface area contributed by atoms with Crippen LogP contribution in [0.1, 0.15) is 23.0 Å². The first-order chi connectivity index (χ1) is 11.5. The number of benzene rings is 1. The second-order valence-corrected chi connectivity index (χ2v) is 6.19. The van der Waals surface area contributed by atoms with Gasteiger partial charge in [0, 0.05) is 26.2 Å². The average Bonchev–Trinajstić information content (AvgIpc) is 2.95. The Morgan fingerprint density at radius 3 is 2.60 bits per heavy atom. The molecule has 136 valence electrons. The average molecular weight is 388 g/mol. The fourth-order valence-electron chi connectivity index (χ4n) is 2.94. The van der Waals surface area contributed by atoms with Crippen molar-refractivity contribution in [1.29, 1.82) is 0 Å². The van der Waals surface area contributed by atoms with Crippen LogP contribution >= 0.6 is 24.0 Å². The number of likely N-dealkylation sites (N-methyl/N-ethyl adjacent to an activating group) is 1. The highest BCUT2D eigenvalue weighted by Crippen LogP contribution is 2.34. The van der Waals surface area contributed by atoms with Crippen LogP contribution in [0.5, 0.6) is 0 Å². The Labute approximate surface area is 157 Å². The molecule has 0 spiro atoms. The quantitative estimate of drug-likeness (QED) is 0.806. The van der Waals surface area contributed by atoms with E-state index in [1.54, 1.807) is 17.9 Å². The summed E-state index contributed by atoms with van der Waals surface area (Å²) in [6.45, 7) is 7.61. The molecule has 1 aromatic heterocycles. The highest BCUT2D eigenvalue weighted by molar-refractivity contribution is 6.33. The van der Waals surface area contributed by atoms with E-state index in [1.165, 1.54) is 12.1 Å². The second-order valence-electron chi connectivity index (χ2n) is 5.79. The largest absolute Gasteiger partial charge is 0.360 e. The summed E-state index contributed by atoms with van der Waals surface area (Å²) in [5.41, 5.74) is 0.553. The van der Waals surface area contributed by atoms with Crippen LogP contribution in [0.25, 0.3) is 11.3 Å². The third kappa shape index (κ3) is 3.81. The summed E-state index contributed by atoms with van der Waals surface area (Å²) in [5, 5.41) is 4.10. The lowest BCUT2D eigenvalue weighted by Crippen LogP contribution is -2.48.